The molecule has 0 aliphatic carbocycles. The number of carbonyl (C=O) groups is 1. The molecule has 0 spiro atoms. The van der Waals surface area contributed by atoms with E-state index in [-0.39, 0.29) is 12.5 Å². The smallest absolute Gasteiger partial charge is 0.220 e. The van der Waals surface area contributed by atoms with Gasteiger partial charge < -0.3 is 15.5 Å². The molecule has 0 aliphatic heterocycles. The minimum atomic E-state index is -0.658. The molecule has 3 N–H and O–H groups in total. The zero-order valence-electron chi connectivity index (χ0n) is 35.6. The van der Waals surface area contributed by atoms with Crippen LogP contribution in [-0.2, 0) is 4.79 Å². The molecule has 52 heavy (non-hydrogen) atoms. The van der Waals surface area contributed by atoms with Crippen LogP contribution in [0, 0.1) is 0 Å². The fraction of sp³-hybridized carbons (Fsp3) is 0.938. The van der Waals surface area contributed by atoms with Crippen LogP contribution >= 0.6 is 0 Å². The molecular weight excluding hydrogens is 639 g/mol. The lowest BCUT2D eigenvalue weighted by molar-refractivity contribution is -0.123. The number of amides is 1. The van der Waals surface area contributed by atoms with Gasteiger partial charge in [0.2, 0.25) is 5.91 Å². The Labute approximate surface area is 327 Å². The SMILES string of the molecule is CCCCCC/C=C\CCCCCCCCCC(=O)NC(CO)C(O)CCCCCCCCCCCCCCCCCCCCCCCCCCC. The molecule has 0 radical (unpaired) electrons. The summed E-state index contributed by atoms with van der Waals surface area (Å²) in [4.78, 5) is 12.4. The van der Waals surface area contributed by atoms with Gasteiger partial charge >= 0.3 is 0 Å². The largest absolute Gasteiger partial charge is 0.394 e. The van der Waals surface area contributed by atoms with Crippen LogP contribution in [-0.4, -0.2) is 34.9 Å². The molecule has 0 aromatic carbocycles. The van der Waals surface area contributed by atoms with Crippen LogP contribution < -0.4 is 5.32 Å². The third-order valence-electron chi connectivity index (χ3n) is 11.3. The van der Waals surface area contributed by atoms with Gasteiger partial charge in [0, 0.05) is 6.42 Å². The summed E-state index contributed by atoms with van der Waals surface area (Å²) < 4.78 is 0. The molecule has 4 heteroatoms. The molecule has 0 aliphatic rings. The Morgan fingerprint density at radius 3 is 1.08 bits per heavy atom. The topological polar surface area (TPSA) is 69.6 Å². The molecule has 1 amide bonds. The standard InChI is InChI=1S/C48H95NO3/c1-3-5-7-9-11-13-15-17-19-20-21-22-23-24-25-26-27-28-30-31-33-35-37-39-41-43-47(51)46(45-50)49-48(52)44-42-40-38-36-34-32-29-18-16-14-12-10-8-6-4-2/h14,16,46-47,50-51H,3-13,15,17-45H2,1-2H3,(H,49,52)/b16-14-. The van der Waals surface area contributed by atoms with Gasteiger partial charge in [-0.3, -0.25) is 4.79 Å². The van der Waals surface area contributed by atoms with Crippen LogP contribution in [0.1, 0.15) is 271 Å². The van der Waals surface area contributed by atoms with E-state index in [9.17, 15) is 15.0 Å². The second kappa shape index (κ2) is 44.5. The predicted octanol–water partition coefficient (Wildman–Crippen LogP) is 15.0. The van der Waals surface area contributed by atoms with Crippen molar-refractivity contribution in [1.82, 2.24) is 5.32 Å². The normalized spacial score (nSPS) is 12.9. The van der Waals surface area contributed by atoms with E-state index in [4.69, 9.17) is 0 Å². The number of rotatable bonds is 44. The van der Waals surface area contributed by atoms with Gasteiger partial charge in [-0.15, -0.1) is 0 Å². The maximum absolute atomic E-state index is 12.4. The van der Waals surface area contributed by atoms with Crippen molar-refractivity contribution in [3.05, 3.63) is 12.2 Å². The van der Waals surface area contributed by atoms with Crippen molar-refractivity contribution in [3.63, 3.8) is 0 Å². The number of allylic oxidation sites excluding steroid dienone is 2. The van der Waals surface area contributed by atoms with Crippen LogP contribution in [0.15, 0.2) is 12.2 Å². The van der Waals surface area contributed by atoms with Crippen molar-refractivity contribution in [2.75, 3.05) is 6.61 Å². The van der Waals surface area contributed by atoms with Crippen LogP contribution in [0.2, 0.25) is 0 Å². The van der Waals surface area contributed by atoms with E-state index in [1.807, 2.05) is 0 Å². The molecule has 0 saturated carbocycles. The third-order valence-corrected chi connectivity index (χ3v) is 11.3. The van der Waals surface area contributed by atoms with Gasteiger partial charge in [0.25, 0.3) is 0 Å². The van der Waals surface area contributed by atoms with E-state index in [1.165, 1.54) is 218 Å². The molecule has 0 fully saturated rings. The molecule has 0 heterocycles. The highest BCUT2D eigenvalue weighted by atomic mass is 16.3. The fourth-order valence-electron chi connectivity index (χ4n) is 7.59. The minimum Gasteiger partial charge on any atom is -0.394 e. The van der Waals surface area contributed by atoms with E-state index in [1.54, 1.807) is 0 Å². The van der Waals surface area contributed by atoms with Gasteiger partial charge in [-0.05, 0) is 38.5 Å². The van der Waals surface area contributed by atoms with Crippen LogP contribution in [0.5, 0.6) is 0 Å². The number of hydrogen-bond acceptors (Lipinski definition) is 3. The summed E-state index contributed by atoms with van der Waals surface area (Å²) in [7, 11) is 0. The van der Waals surface area contributed by atoms with Crippen molar-refractivity contribution in [1.29, 1.82) is 0 Å². The highest BCUT2D eigenvalue weighted by molar-refractivity contribution is 5.76. The quantitative estimate of drug-likeness (QED) is 0.0431. The lowest BCUT2D eigenvalue weighted by atomic mass is 10.0. The zero-order chi connectivity index (χ0) is 37.8. The maximum Gasteiger partial charge on any atom is 0.220 e. The monoisotopic (exact) mass is 734 g/mol. The molecule has 2 unspecified atom stereocenters. The fourth-order valence-corrected chi connectivity index (χ4v) is 7.59. The Bertz CT molecular complexity index is 710. The van der Waals surface area contributed by atoms with Crippen molar-refractivity contribution in [2.24, 2.45) is 0 Å². The third kappa shape index (κ3) is 40.3. The van der Waals surface area contributed by atoms with E-state index in [0.29, 0.717) is 12.8 Å². The Morgan fingerprint density at radius 1 is 0.442 bits per heavy atom. The second-order valence-electron chi connectivity index (χ2n) is 16.5. The van der Waals surface area contributed by atoms with Gasteiger partial charge in [0.05, 0.1) is 18.8 Å². The minimum absolute atomic E-state index is 0.0330. The molecule has 0 bridgehead atoms. The molecule has 0 saturated heterocycles. The van der Waals surface area contributed by atoms with Gasteiger partial charge in [-0.1, -0.05) is 238 Å². The first kappa shape index (κ1) is 51.1. The summed E-state index contributed by atoms with van der Waals surface area (Å²) in [6.45, 7) is 4.37. The molecule has 2 atom stereocenters. The Kier molecular flexibility index (Phi) is 43.8. The highest BCUT2D eigenvalue weighted by Crippen LogP contribution is 2.17. The van der Waals surface area contributed by atoms with E-state index in [2.05, 4.69) is 31.3 Å². The number of aliphatic hydroxyl groups excluding tert-OH is 2. The Balaban J connectivity index is 3.44. The van der Waals surface area contributed by atoms with Gasteiger partial charge in [-0.2, -0.15) is 0 Å². The van der Waals surface area contributed by atoms with E-state index in [0.717, 1.165) is 25.7 Å². The first-order valence-corrected chi connectivity index (χ1v) is 23.9. The van der Waals surface area contributed by atoms with Gasteiger partial charge in [0.1, 0.15) is 0 Å². The maximum atomic E-state index is 12.4. The first-order chi connectivity index (χ1) is 25.7. The van der Waals surface area contributed by atoms with E-state index < -0.39 is 12.1 Å². The molecule has 310 valence electrons. The summed E-state index contributed by atoms with van der Waals surface area (Å²) in [5, 5.41) is 23.2. The second-order valence-corrected chi connectivity index (χ2v) is 16.5. The van der Waals surface area contributed by atoms with Crippen molar-refractivity contribution >= 4 is 5.91 Å². The number of hydrogen-bond donors (Lipinski definition) is 3. The molecular formula is C48H95NO3. The molecule has 0 rings (SSSR count). The summed E-state index contributed by atoms with van der Waals surface area (Å²) in [6.07, 6.45) is 55.9. The number of unbranched alkanes of at least 4 members (excludes halogenated alkanes) is 35. The molecule has 0 aromatic heterocycles. The predicted molar refractivity (Wildman–Crippen MR) is 230 cm³/mol. The number of aliphatic hydroxyl groups is 2. The average Bonchev–Trinajstić information content (AvgIpc) is 3.15. The summed E-state index contributed by atoms with van der Waals surface area (Å²) in [5.41, 5.74) is 0. The highest BCUT2D eigenvalue weighted by Gasteiger charge is 2.20. The Morgan fingerprint density at radius 2 is 0.731 bits per heavy atom. The van der Waals surface area contributed by atoms with Crippen molar-refractivity contribution in [3.8, 4) is 0 Å². The van der Waals surface area contributed by atoms with Crippen LogP contribution in [0.25, 0.3) is 0 Å². The lowest BCUT2D eigenvalue weighted by Gasteiger charge is -2.22. The number of nitrogens with one attached hydrogen (secondary N) is 1. The Hall–Kier alpha value is -0.870. The van der Waals surface area contributed by atoms with Gasteiger partial charge in [0.15, 0.2) is 0 Å². The van der Waals surface area contributed by atoms with E-state index >= 15 is 0 Å². The lowest BCUT2D eigenvalue weighted by Crippen LogP contribution is -2.45. The first-order valence-electron chi connectivity index (χ1n) is 23.9. The average molecular weight is 734 g/mol. The van der Waals surface area contributed by atoms with Crippen LogP contribution in [0.3, 0.4) is 0 Å². The molecule has 0 aromatic rings. The summed E-state index contributed by atoms with van der Waals surface area (Å²) in [5.74, 6) is -0.0330. The van der Waals surface area contributed by atoms with Crippen molar-refractivity contribution < 1.29 is 15.0 Å². The van der Waals surface area contributed by atoms with Crippen molar-refractivity contribution in [2.45, 2.75) is 283 Å². The summed E-state index contributed by atoms with van der Waals surface area (Å²) >= 11 is 0. The van der Waals surface area contributed by atoms with Gasteiger partial charge in [-0.25, -0.2) is 0 Å². The number of carbonyl (C=O) groups excluding carboxylic acids is 1. The molecule has 4 nitrogen and oxygen atoms in total. The summed E-state index contributed by atoms with van der Waals surface area (Å²) in [6, 6.07) is -0.535. The van der Waals surface area contributed by atoms with Crippen LogP contribution in [0.4, 0.5) is 0 Å². The zero-order valence-corrected chi connectivity index (χ0v) is 35.6.